The number of hydrogen-bond donors (Lipinski definition) is 2. The highest BCUT2D eigenvalue weighted by molar-refractivity contribution is 7.89. The SMILES string of the molecule is CNCc1cc(S(=O)(=O)NC(C)c2ccc(C)o2)cs1. The van der Waals surface area contributed by atoms with Gasteiger partial charge in [0.1, 0.15) is 11.5 Å². The monoisotopic (exact) mass is 314 g/mol. The van der Waals surface area contributed by atoms with Crippen LogP contribution in [0, 0.1) is 6.92 Å². The summed E-state index contributed by atoms with van der Waals surface area (Å²) in [5.41, 5.74) is 0. The Bertz CT molecular complexity index is 673. The van der Waals surface area contributed by atoms with Crippen molar-refractivity contribution in [1.29, 1.82) is 0 Å². The average molecular weight is 314 g/mol. The van der Waals surface area contributed by atoms with Crippen LogP contribution in [0.5, 0.6) is 0 Å². The van der Waals surface area contributed by atoms with Crippen molar-refractivity contribution in [3.63, 3.8) is 0 Å². The maximum Gasteiger partial charge on any atom is 0.242 e. The van der Waals surface area contributed by atoms with Gasteiger partial charge in [0.05, 0.1) is 10.9 Å². The van der Waals surface area contributed by atoms with E-state index in [4.69, 9.17) is 4.42 Å². The third kappa shape index (κ3) is 3.49. The van der Waals surface area contributed by atoms with Crippen LogP contribution in [0.1, 0.15) is 29.4 Å². The summed E-state index contributed by atoms with van der Waals surface area (Å²) in [6.45, 7) is 4.25. The van der Waals surface area contributed by atoms with Crippen molar-refractivity contribution in [2.45, 2.75) is 31.3 Å². The van der Waals surface area contributed by atoms with Gasteiger partial charge in [-0.05, 0) is 39.1 Å². The van der Waals surface area contributed by atoms with Gasteiger partial charge in [0.25, 0.3) is 0 Å². The molecule has 0 aliphatic heterocycles. The zero-order valence-electron chi connectivity index (χ0n) is 11.6. The van der Waals surface area contributed by atoms with E-state index in [1.807, 2.05) is 20.0 Å². The number of rotatable bonds is 6. The first kappa shape index (κ1) is 15.2. The minimum atomic E-state index is -3.52. The molecule has 0 fully saturated rings. The summed E-state index contributed by atoms with van der Waals surface area (Å²) in [7, 11) is -1.70. The first-order valence-electron chi connectivity index (χ1n) is 6.23. The Kier molecular flexibility index (Phi) is 4.64. The summed E-state index contributed by atoms with van der Waals surface area (Å²) in [6, 6.07) is 4.88. The molecule has 2 heterocycles. The van der Waals surface area contributed by atoms with Crippen molar-refractivity contribution >= 4 is 21.4 Å². The summed E-state index contributed by atoms with van der Waals surface area (Å²) >= 11 is 1.42. The van der Waals surface area contributed by atoms with Gasteiger partial charge in [0.2, 0.25) is 10.0 Å². The molecule has 1 unspecified atom stereocenters. The van der Waals surface area contributed by atoms with Crippen LogP contribution < -0.4 is 10.0 Å². The van der Waals surface area contributed by atoms with Crippen molar-refractivity contribution in [1.82, 2.24) is 10.0 Å². The number of hydrogen-bond acceptors (Lipinski definition) is 5. The van der Waals surface area contributed by atoms with Crippen LogP contribution in [0.2, 0.25) is 0 Å². The number of sulfonamides is 1. The normalized spacial score (nSPS) is 13.6. The van der Waals surface area contributed by atoms with Crippen LogP contribution in [0.4, 0.5) is 0 Å². The first-order valence-corrected chi connectivity index (χ1v) is 8.59. The lowest BCUT2D eigenvalue weighted by Gasteiger charge is -2.11. The molecule has 0 spiro atoms. The quantitative estimate of drug-likeness (QED) is 0.859. The lowest BCUT2D eigenvalue weighted by Crippen LogP contribution is -2.26. The molecular weight excluding hydrogens is 296 g/mol. The van der Waals surface area contributed by atoms with E-state index in [0.717, 1.165) is 10.6 Å². The number of thiophene rings is 1. The first-order chi connectivity index (χ1) is 9.42. The Balaban J connectivity index is 2.13. The van der Waals surface area contributed by atoms with Crippen LogP contribution >= 0.6 is 11.3 Å². The molecule has 0 bridgehead atoms. The zero-order valence-corrected chi connectivity index (χ0v) is 13.3. The van der Waals surface area contributed by atoms with Gasteiger partial charge in [-0.2, -0.15) is 0 Å². The van der Waals surface area contributed by atoms with E-state index >= 15 is 0 Å². The molecule has 2 aromatic heterocycles. The van der Waals surface area contributed by atoms with E-state index < -0.39 is 16.1 Å². The molecule has 0 amide bonds. The fraction of sp³-hybridized carbons (Fsp3) is 0.385. The molecular formula is C13H18N2O3S2. The Hall–Kier alpha value is -1.15. The van der Waals surface area contributed by atoms with Crippen molar-refractivity contribution in [2.24, 2.45) is 0 Å². The predicted molar refractivity (Wildman–Crippen MR) is 79.3 cm³/mol. The van der Waals surface area contributed by atoms with Crippen molar-refractivity contribution < 1.29 is 12.8 Å². The predicted octanol–water partition coefficient (Wildman–Crippen LogP) is 2.41. The van der Waals surface area contributed by atoms with Gasteiger partial charge in [-0.3, -0.25) is 0 Å². The van der Waals surface area contributed by atoms with E-state index in [1.165, 1.54) is 11.3 Å². The van der Waals surface area contributed by atoms with Gasteiger partial charge in [0, 0.05) is 16.8 Å². The number of nitrogens with one attached hydrogen (secondary N) is 2. The molecule has 2 rings (SSSR count). The number of aryl methyl sites for hydroxylation is 1. The Morgan fingerprint density at radius 3 is 2.75 bits per heavy atom. The van der Waals surface area contributed by atoms with E-state index in [1.54, 1.807) is 24.4 Å². The second kappa shape index (κ2) is 6.09. The topological polar surface area (TPSA) is 71.3 Å². The largest absolute Gasteiger partial charge is 0.465 e. The molecule has 5 nitrogen and oxygen atoms in total. The fourth-order valence-corrected chi connectivity index (χ4v) is 4.31. The van der Waals surface area contributed by atoms with Crippen LogP contribution in [-0.2, 0) is 16.6 Å². The molecule has 2 aromatic rings. The average Bonchev–Trinajstić information content (AvgIpc) is 2.98. The van der Waals surface area contributed by atoms with Crippen molar-refractivity contribution in [3.8, 4) is 0 Å². The Morgan fingerprint density at radius 2 is 2.15 bits per heavy atom. The van der Waals surface area contributed by atoms with Gasteiger partial charge >= 0.3 is 0 Å². The fourth-order valence-electron chi connectivity index (χ4n) is 1.81. The van der Waals surface area contributed by atoms with Gasteiger partial charge in [-0.15, -0.1) is 11.3 Å². The molecule has 0 saturated heterocycles. The number of furan rings is 1. The maximum atomic E-state index is 12.3. The molecule has 0 saturated carbocycles. The highest BCUT2D eigenvalue weighted by atomic mass is 32.2. The minimum absolute atomic E-state index is 0.294. The maximum absolute atomic E-state index is 12.3. The van der Waals surface area contributed by atoms with E-state index in [9.17, 15) is 8.42 Å². The summed E-state index contributed by atoms with van der Waals surface area (Å²) in [5.74, 6) is 1.37. The lowest BCUT2D eigenvalue weighted by molar-refractivity contribution is 0.441. The molecule has 0 aromatic carbocycles. The van der Waals surface area contributed by atoms with Crippen LogP contribution in [0.3, 0.4) is 0 Å². The highest BCUT2D eigenvalue weighted by Crippen LogP contribution is 2.22. The molecule has 2 N–H and O–H groups in total. The molecule has 0 radical (unpaired) electrons. The van der Waals surface area contributed by atoms with E-state index in [2.05, 4.69) is 10.0 Å². The van der Waals surface area contributed by atoms with Crippen molar-refractivity contribution in [3.05, 3.63) is 40.0 Å². The summed E-state index contributed by atoms with van der Waals surface area (Å²) in [5, 5.41) is 4.65. The summed E-state index contributed by atoms with van der Waals surface area (Å²) < 4.78 is 32.6. The minimum Gasteiger partial charge on any atom is -0.465 e. The molecule has 7 heteroatoms. The summed E-state index contributed by atoms with van der Waals surface area (Å²) in [4.78, 5) is 1.28. The molecule has 0 aliphatic carbocycles. The van der Waals surface area contributed by atoms with Crippen LogP contribution in [-0.4, -0.2) is 15.5 Å². The van der Waals surface area contributed by atoms with Crippen molar-refractivity contribution in [2.75, 3.05) is 7.05 Å². The van der Waals surface area contributed by atoms with Gasteiger partial charge in [0.15, 0.2) is 0 Å². The molecule has 110 valence electrons. The van der Waals surface area contributed by atoms with Crippen LogP contribution in [0.25, 0.3) is 0 Å². The third-order valence-corrected chi connectivity index (χ3v) is 5.42. The highest BCUT2D eigenvalue weighted by Gasteiger charge is 2.21. The summed E-state index contributed by atoms with van der Waals surface area (Å²) in [6.07, 6.45) is 0. The second-order valence-electron chi connectivity index (χ2n) is 4.57. The molecule has 20 heavy (non-hydrogen) atoms. The molecule has 0 aliphatic rings. The lowest BCUT2D eigenvalue weighted by atomic mass is 10.3. The second-order valence-corrected chi connectivity index (χ2v) is 7.28. The Morgan fingerprint density at radius 1 is 1.40 bits per heavy atom. The van der Waals surface area contributed by atoms with Gasteiger partial charge < -0.3 is 9.73 Å². The smallest absolute Gasteiger partial charge is 0.242 e. The van der Waals surface area contributed by atoms with E-state index in [0.29, 0.717) is 17.2 Å². The zero-order chi connectivity index (χ0) is 14.8. The van der Waals surface area contributed by atoms with E-state index in [-0.39, 0.29) is 0 Å². The molecule has 1 atom stereocenters. The van der Waals surface area contributed by atoms with Gasteiger partial charge in [-0.25, -0.2) is 13.1 Å². The Labute approximate surface area is 123 Å². The third-order valence-electron chi connectivity index (χ3n) is 2.81. The standard InChI is InChI=1S/C13H18N2O3S2/c1-9-4-5-13(18-9)10(2)15-20(16,17)12-6-11(7-14-3)19-8-12/h4-6,8,10,14-15H,7H2,1-3H3. The van der Waals surface area contributed by atoms with Crippen LogP contribution in [0.15, 0.2) is 32.9 Å². The van der Waals surface area contributed by atoms with Gasteiger partial charge in [-0.1, -0.05) is 0 Å².